The number of nitrogens with zero attached hydrogens (tertiary/aromatic N) is 4. The smallest absolute Gasteiger partial charge is 0.409 e. The Morgan fingerprint density at radius 1 is 1.16 bits per heavy atom. The minimum Gasteiger partial charge on any atom is -0.453 e. The van der Waals surface area contributed by atoms with Gasteiger partial charge in [0.25, 0.3) is 0 Å². The van der Waals surface area contributed by atoms with E-state index >= 15 is 0 Å². The van der Waals surface area contributed by atoms with Crippen LogP contribution in [0.3, 0.4) is 0 Å². The number of carbonyl (C=O) groups is 1. The number of amides is 1. The van der Waals surface area contributed by atoms with E-state index in [2.05, 4.69) is 27.4 Å². The van der Waals surface area contributed by atoms with E-state index in [1.165, 1.54) is 13.2 Å². The minimum absolute atomic E-state index is 0.144. The predicted octanol–water partition coefficient (Wildman–Crippen LogP) is 2.12. The van der Waals surface area contributed by atoms with E-state index in [0.717, 1.165) is 71.0 Å². The second-order valence-electron chi connectivity index (χ2n) is 8.27. The van der Waals surface area contributed by atoms with Crippen LogP contribution in [-0.2, 0) is 4.74 Å². The topological polar surface area (TPSA) is 72.4 Å². The summed E-state index contributed by atoms with van der Waals surface area (Å²) in [5, 5.41) is 6.83. The van der Waals surface area contributed by atoms with Crippen molar-refractivity contribution in [2.24, 2.45) is 4.99 Å². The van der Waals surface area contributed by atoms with E-state index in [0.29, 0.717) is 24.8 Å². The van der Waals surface area contributed by atoms with Crippen LogP contribution in [-0.4, -0.2) is 93.9 Å². The van der Waals surface area contributed by atoms with Crippen LogP contribution >= 0.6 is 0 Å². The van der Waals surface area contributed by atoms with Gasteiger partial charge in [-0.25, -0.2) is 9.18 Å². The molecule has 1 aromatic rings. The van der Waals surface area contributed by atoms with Crippen LogP contribution < -0.4 is 15.5 Å². The molecule has 0 saturated carbocycles. The Bertz CT molecular complexity index is 746. The van der Waals surface area contributed by atoms with E-state index in [4.69, 9.17) is 9.73 Å². The number of hydrogen-bond acceptors (Lipinski definition) is 5. The van der Waals surface area contributed by atoms with Crippen LogP contribution in [0.25, 0.3) is 0 Å². The highest BCUT2D eigenvalue weighted by molar-refractivity contribution is 5.80. The fourth-order valence-electron chi connectivity index (χ4n) is 4.25. The lowest BCUT2D eigenvalue weighted by Gasteiger charge is -2.36. The highest BCUT2D eigenvalue weighted by Crippen LogP contribution is 2.20. The molecule has 8 nitrogen and oxygen atoms in total. The number of ether oxygens (including phenoxy) is 1. The van der Waals surface area contributed by atoms with Gasteiger partial charge in [0.15, 0.2) is 5.96 Å². The standard InChI is InChI=1S/C23H37FN6O2/c1-3-25-22(27-19-9-13-30(14-10-19)23(31)32-2)26-11-6-12-28-15-17-29(18-16-28)21-8-5-4-7-20(21)24/h4-5,7-8,19H,3,6,9-18H2,1-2H3,(H2,25,26,27). The molecule has 0 radical (unpaired) electrons. The molecule has 2 aliphatic heterocycles. The molecule has 1 amide bonds. The van der Waals surface area contributed by atoms with Crippen molar-refractivity contribution < 1.29 is 13.9 Å². The fourth-order valence-corrected chi connectivity index (χ4v) is 4.25. The summed E-state index contributed by atoms with van der Waals surface area (Å²) in [6.07, 6.45) is 2.49. The molecular formula is C23H37FN6O2. The molecule has 178 valence electrons. The van der Waals surface area contributed by atoms with Gasteiger partial charge in [-0.2, -0.15) is 0 Å². The zero-order valence-corrected chi connectivity index (χ0v) is 19.4. The summed E-state index contributed by atoms with van der Waals surface area (Å²) in [7, 11) is 1.42. The Morgan fingerprint density at radius 2 is 1.88 bits per heavy atom. The number of hydrogen-bond donors (Lipinski definition) is 2. The van der Waals surface area contributed by atoms with Crippen molar-refractivity contribution in [3.05, 3.63) is 30.1 Å². The van der Waals surface area contributed by atoms with Gasteiger partial charge in [-0.05, 0) is 38.3 Å². The Hall–Kier alpha value is -2.55. The molecule has 0 unspecified atom stereocenters. The third-order valence-electron chi connectivity index (χ3n) is 6.08. The summed E-state index contributed by atoms with van der Waals surface area (Å²) in [6.45, 7) is 9.58. The van der Waals surface area contributed by atoms with Gasteiger partial charge in [0.05, 0.1) is 12.8 Å². The van der Waals surface area contributed by atoms with Crippen LogP contribution in [0.4, 0.5) is 14.9 Å². The molecule has 32 heavy (non-hydrogen) atoms. The fraction of sp³-hybridized carbons (Fsp3) is 0.652. The Morgan fingerprint density at radius 3 is 2.53 bits per heavy atom. The number of halogens is 1. The van der Waals surface area contributed by atoms with Crippen LogP contribution in [0.5, 0.6) is 0 Å². The van der Waals surface area contributed by atoms with E-state index in [1.807, 2.05) is 12.1 Å². The summed E-state index contributed by atoms with van der Waals surface area (Å²) >= 11 is 0. The first-order valence-corrected chi connectivity index (χ1v) is 11.7. The number of guanidine groups is 1. The van der Waals surface area contributed by atoms with Gasteiger partial charge in [-0.1, -0.05) is 12.1 Å². The summed E-state index contributed by atoms with van der Waals surface area (Å²) in [6, 6.07) is 7.31. The summed E-state index contributed by atoms with van der Waals surface area (Å²) in [5.41, 5.74) is 0.704. The maximum atomic E-state index is 14.0. The molecule has 0 spiro atoms. The highest BCUT2D eigenvalue weighted by Gasteiger charge is 2.23. The summed E-state index contributed by atoms with van der Waals surface area (Å²) in [4.78, 5) is 22.7. The van der Waals surface area contributed by atoms with Gasteiger partial charge in [-0.15, -0.1) is 0 Å². The van der Waals surface area contributed by atoms with Crippen LogP contribution in [0, 0.1) is 5.82 Å². The van der Waals surface area contributed by atoms with Gasteiger partial charge in [-0.3, -0.25) is 9.89 Å². The molecule has 0 aromatic heterocycles. The van der Waals surface area contributed by atoms with E-state index in [9.17, 15) is 9.18 Å². The Balaban J connectivity index is 1.36. The molecule has 0 aliphatic carbocycles. The quantitative estimate of drug-likeness (QED) is 0.378. The zero-order chi connectivity index (χ0) is 22.8. The number of aliphatic imine (C=N–C) groups is 1. The van der Waals surface area contributed by atoms with Crippen LogP contribution in [0.2, 0.25) is 0 Å². The number of piperidine rings is 1. The number of rotatable bonds is 7. The second kappa shape index (κ2) is 12.5. The SMILES string of the molecule is CCNC(=NCCCN1CCN(c2ccccc2F)CC1)NC1CCN(C(=O)OC)CC1. The Kier molecular flexibility index (Phi) is 9.40. The molecular weight excluding hydrogens is 411 g/mol. The normalized spacial score (nSPS) is 18.5. The first-order valence-electron chi connectivity index (χ1n) is 11.7. The van der Waals surface area contributed by atoms with E-state index in [-0.39, 0.29) is 11.9 Å². The lowest BCUT2D eigenvalue weighted by atomic mass is 10.1. The summed E-state index contributed by atoms with van der Waals surface area (Å²) in [5.74, 6) is 0.697. The van der Waals surface area contributed by atoms with Gasteiger partial charge in [0, 0.05) is 64.9 Å². The molecule has 2 heterocycles. The molecule has 2 saturated heterocycles. The molecule has 2 fully saturated rings. The van der Waals surface area contributed by atoms with Crippen molar-refractivity contribution in [2.75, 3.05) is 70.9 Å². The average Bonchev–Trinajstić information content (AvgIpc) is 2.82. The van der Waals surface area contributed by atoms with Gasteiger partial charge < -0.3 is 25.2 Å². The third kappa shape index (κ3) is 6.98. The molecule has 2 N–H and O–H groups in total. The number of piperazine rings is 1. The number of benzene rings is 1. The van der Waals surface area contributed by atoms with Gasteiger partial charge >= 0.3 is 6.09 Å². The lowest BCUT2D eigenvalue weighted by Crippen LogP contribution is -2.49. The maximum Gasteiger partial charge on any atom is 0.409 e. The molecule has 2 aliphatic rings. The largest absolute Gasteiger partial charge is 0.453 e. The number of likely N-dealkylation sites (tertiary alicyclic amines) is 1. The number of carbonyl (C=O) groups excluding carboxylic acids is 1. The zero-order valence-electron chi connectivity index (χ0n) is 19.4. The van der Waals surface area contributed by atoms with Crippen molar-refractivity contribution in [3.8, 4) is 0 Å². The maximum absolute atomic E-state index is 14.0. The summed E-state index contributed by atoms with van der Waals surface area (Å²) < 4.78 is 18.8. The minimum atomic E-state index is -0.251. The first kappa shape index (κ1) is 24.1. The highest BCUT2D eigenvalue weighted by atomic mass is 19.1. The van der Waals surface area contributed by atoms with Crippen LogP contribution in [0.15, 0.2) is 29.3 Å². The molecule has 9 heteroatoms. The van der Waals surface area contributed by atoms with Gasteiger partial charge in [0.2, 0.25) is 0 Å². The van der Waals surface area contributed by atoms with Gasteiger partial charge in [0.1, 0.15) is 5.82 Å². The molecule has 3 rings (SSSR count). The number of para-hydroxylation sites is 1. The van der Waals surface area contributed by atoms with Crippen molar-refractivity contribution in [3.63, 3.8) is 0 Å². The molecule has 1 aromatic carbocycles. The number of methoxy groups -OCH3 is 1. The average molecular weight is 449 g/mol. The molecule has 0 bridgehead atoms. The second-order valence-corrected chi connectivity index (χ2v) is 8.27. The van der Waals surface area contributed by atoms with Crippen LogP contribution in [0.1, 0.15) is 26.2 Å². The first-order chi connectivity index (χ1) is 15.6. The predicted molar refractivity (Wildman–Crippen MR) is 126 cm³/mol. The van der Waals surface area contributed by atoms with Crippen molar-refractivity contribution >= 4 is 17.7 Å². The lowest BCUT2D eigenvalue weighted by molar-refractivity contribution is 0.111. The third-order valence-corrected chi connectivity index (χ3v) is 6.08. The number of nitrogens with one attached hydrogen (secondary N) is 2. The van der Waals surface area contributed by atoms with E-state index in [1.54, 1.807) is 11.0 Å². The molecule has 0 atom stereocenters. The van der Waals surface area contributed by atoms with Crippen molar-refractivity contribution in [1.82, 2.24) is 20.4 Å². The van der Waals surface area contributed by atoms with Crippen molar-refractivity contribution in [1.29, 1.82) is 0 Å². The monoisotopic (exact) mass is 448 g/mol. The van der Waals surface area contributed by atoms with Crippen molar-refractivity contribution in [2.45, 2.75) is 32.2 Å². The van der Waals surface area contributed by atoms with E-state index < -0.39 is 0 Å². The Labute approximate surface area is 190 Å². The number of anilines is 1.